The minimum Gasteiger partial charge on any atom is -0.497 e. The standard InChI is InChI=1S/C20H24N2O5S/c1-3-21-20(23)22(16-8-9-16)14-15-6-4-5-7-19(15)27-28(24,25)18-12-10-17(26-2)11-13-18/h4-7,10-13,16H,3,8-9,14H2,1-2H3,(H,21,23). The Morgan fingerprint density at radius 1 is 1.14 bits per heavy atom. The molecule has 0 heterocycles. The predicted molar refractivity (Wildman–Crippen MR) is 105 cm³/mol. The highest BCUT2D eigenvalue weighted by Crippen LogP contribution is 2.31. The number of nitrogens with zero attached hydrogens (tertiary/aromatic N) is 1. The van der Waals surface area contributed by atoms with E-state index in [2.05, 4.69) is 5.32 Å². The van der Waals surface area contributed by atoms with Crippen molar-refractivity contribution in [3.05, 3.63) is 54.1 Å². The maximum absolute atomic E-state index is 12.7. The van der Waals surface area contributed by atoms with Gasteiger partial charge in [0.2, 0.25) is 0 Å². The highest BCUT2D eigenvalue weighted by molar-refractivity contribution is 7.87. The molecular weight excluding hydrogens is 380 g/mol. The maximum atomic E-state index is 12.7. The first-order valence-electron chi connectivity index (χ1n) is 9.15. The molecule has 0 aliphatic heterocycles. The molecule has 8 heteroatoms. The number of para-hydroxylation sites is 1. The summed E-state index contributed by atoms with van der Waals surface area (Å²) in [5.74, 6) is 0.773. The third-order valence-corrected chi connectivity index (χ3v) is 5.69. The Morgan fingerprint density at radius 3 is 2.43 bits per heavy atom. The van der Waals surface area contributed by atoms with Crippen molar-refractivity contribution in [2.45, 2.75) is 37.2 Å². The summed E-state index contributed by atoms with van der Waals surface area (Å²) < 4.78 is 35.8. The number of nitrogens with one attached hydrogen (secondary N) is 1. The smallest absolute Gasteiger partial charge is 0.339 e. The highest BCUT2D eigenvalue weighted by atomic mass is 32.2. The monoisotopic (exact) mass is 404 g/mol. The molecule has 1 N–H and O–H groups in total. The van der Waals surface area contributed by atoms with Gasteiger partial charge in [0, 0.05) is 18.2 Å². The second kappa shape index (κ2) is 8.52. The van der Waals surface area contributed by atoms with Gasteiger partial charge in [-0.3, -0.25) is 0 Å². The summed E-state index contributed by atoms with van der Waals surface area (Å²) in [5.41, 5.74) is 0.637. The number of benzene rings is 2. The lowest BCUT2D eigenvalue weighted by Crippen LogP contribution is -2.40. The average molecular weight is 404 g/mol. The van der Waals surface area contributed by atoms with Gasteiger partial charge in [0.1, 0.15) is 16.4 Å². The van der Waals surface area contributed by atoms with E-state index in [1.54, 1.807) is 41.3 Å². The number of urea groups is 1. The molecule has 0 radical (unpaired) electrons. The number of carbonyl (C=O) groups is 1. The topological polar surface area (TPSA) is 84.9 Å². The number of hydrogen-bond acceptors (Lipinski definition) is 5. The molecule has 1 saturated carbocycles. The van der Waals surface area contributed by atoms with Crippen LogP contribution in [0.2, 0.25) is 0 Å². The average Bonchev–Trinajstić information content (AvgIpc) is 3.52. The van der Waals surface area contributed by atoms with E-state index in [4.69, 9.17) is 8.92 Å². The molecular formula is C20H24N2O5S. The van der Waals surface area contributed by atoms with Gasteiger partial charge in [-0.25, -0.2) is 4.79 Å². The normalized spacial score (nSPS) is 13.6. The molecule has 0 saturated heterocycles. The van der Waals surface area contributed by atoms with Crippen LogP contribution in [-0.4, -0.2) is 39.0 Å². The largest absolute Gasteiger partial charge is 0.497 e. The van der Waals surface area contributed by atoms with E-state index in [0.717, 1.165) is 12.8 Å². The van der Waals surface area contributed by atoms with Crippen molar-refractivity contribution in [3.8, 4) is 11.5 Å². The SMILES string of the molecule is CCNC(=O)N(Cc1ccccc1OS(=O)(=O)c1ccc(OC)cc1)C1CC1. The third kappa shape index (κ3) is 4.75. The van der Waals surface area contributed by atoms with Crippen LogP contribution >= 0.6 is 0 Å². The third-order valence-electron chi connectivity index (χ3n) is 4.44. The zero-order valence-electron chi connectivity index (χ0n) is 15.9. The van der Waals surface area contributed by atoms with Crippen LogP contribution in [0, 0.1) is 0 Å². The van der Waals surface area contributed by atoms with Gasteiger partial charge in [-0.15, -0.1) is 0 Å². The molecule has 3 rings (SSSR count). The number of ether oxygens (including phenoxy) is 1. The van der Waals surface area contributed by atoms with E-state index >= 15 is 0 Å². The molecule has 28 heavy (non-hydrogen) atoms. The second-order valence-electron chi connectivity index (χ2n) is 6.52. The Kier molecular flexibility index (Phi) is 6.08. The molecule has 2 aromatic carbocycles. The van der Waals surface area contributed by atoms with Gasteiger partial charge < -0.3 is 19.1 Å². The molecule has 2 aromatic rings. The van der Waals surface area contributed by atoms with Crippen molar-refractivity contribution >= 4 is 16.1 Å². The maximum Gasteiger partial charge on any atom is 0.339 e. The lowest BCUT2D eigenvalue weighted by atomic mass is 10.2. The van der Waals surface area contributed by atoms with Crippen LogP contribution in [0.3, 0.4) is 0 Å². The van der Waals surface area contributed by atoms with E-state index in [0.29, 0.717) is 17.9 Å². The first-order chi connectivity index (χ1) is 13.4. The second-order valence-corrected chi connectivity index (χ2v) is 8.06. The van der Waals surface area contributed by atoms with Crippen molar-refractivity contribution in [2.75, 3.05) is 13.7 Å². The van der Waals surface area contributed by atoms with Gasteiger partial charge in [0.05, 0.1) is 13.7 Å². The lowest BCUT2D eigenvalue weighted by Gasteiger charge is -2.23. The Morgan fingerprint density at radius 2 is 1.82 bits per heavy atom. The Bertz CT molecular complexity index is 924. The molecule has 7 nitrogen and oxygen atoms in total. The number of carbonyl (C=O) groups excluding carboxylic acids is 1. The molecule has 150 valence electrons. The summed E-state index contributed by atoms with van der Waals surface area (Å²) in [4.78, 5) is 14.1. The molecule has 0 bridgehead atoms. The molecule has 2 amide bonds. The van der Waals surface area contributed by atoms with E-state index in [1.165, 1.54) is 19.2 Å². The molecule has 0 spiro atoms. The van der Waals surface area contributed by atoms with Crippen molar-refractivity contribution in [1.29, 1.82) is 0 Å². The van der Waals surface area contributed by atoms with Crippen LogP contribution < -0.4 is 14.2 Å². The number of amides is 2. The summed E-state index contributed by atoms with van der Waals surface area (Å²) in [6.07, 6.45) is 1.90. The number of rotatable bonds is 8. The van der Waals surface area contributed by atoms with Crippen LogP contribution in [0.1, 0.15) is 25.3 Å². The van der Waals surface area contributed by atoms with Crippen LogP contribution in [0.5, 0.6) is 11.5 Å². The van der Waals surface area contributed by atoms with Gasteiger partial charge in [-0.1, -0.05) is 18.2 Å². The van der Waals surface area contributed by atoms with Gasteiger partial charge in [-0.05, 0) is 50.1 Å². The summed E-state index contributed by atoms with van der Waals surface area (Å²) >= 11 is 0. The first-order valence-corrected chi connectivity index (χ1v) is 10.6. The minimum absolute atomic E-state index is 0.0332. The van der Waals surface area contributed by atoms with E-state index < -0.39 is 10.1 Å². The van der Waals surface area contributed by atoms with Gasteiger partial charge in [-0.2, -0.15) is 8.42 Å². The first kappa shape index (κ1) is 20.0. The van der Waals surface area contributed by atoms with Crippen LogP contribution in [0.15, 0.2) is 53.4 Å². The van der Waals surface area contributed by atoms with Crippen LogP contribution in [-0.2, 0) is 16.7 Å². The summed E-state index contributed by atoms with van der Waals surface area (Å²) in [6, 6.07) is 12.9. The zero-order chi connectivity index (χ0) is 20.1. The molecule has 0 atom stereocenters. The lowest BCUT2D eigenvalue weighted by molar-refractivity contribution is 0.192. The number of hydrogen-bond donors (Lipinski definition) is 1. The van der Waals surface area contributed by atoms with E-state index in [-0.39, 0.29) is 29.3 Å². The highest BCUT2D eigenvalue weighted by Gasteiger charge is 2.33. The minimum atomic E-state index is -4.01. The fourth-order valence-corrected chi connectivity index (χ4v) is 3.78. The Labute approximate surface area is 165 Å². The Balaban J connectivity index is 1.82. The molecule has 1 fully saturated rings. The van der Waals surface area contributed by atoms with E-state index in [9.17, 15) is 13.2 Å². The Hall–Kier alpha value is -2.74. The summed E-state index contributed by atoms with van der Waals surface area (Å²) in [5, 5.41) is 2.81. The van der Waals surface area contributed by atoms with Crippen molar-refractivity contribution < 1.29 is 22.1 Å². The number of methoxy groups -OCH3 is 1. The van der Waals surface area contributed by atoms with Gasteiger partial charge in [0.15, 0.2) is 0 Å². The quantitative estimate of drug-likeness (QED) is 0.683. The van der Waals surface area contributed by atoms with Gasteiger partial charge >= 0.3 is 16.1 Å². The van der Waals surface area contributed by atoms with Crippen molar-refractivity contribution in [1.82, 2.24) is 10.2 Å². The fraction of sp³-hybridized carbons (Fsp3) is 0.350. The molecule has 0 aromatic heterocycles. The summed E-state index contributed by atoms with van der Waals surface area (Å²) in [6.45, 7) is 2.68. The molecule has 1 aliphatic carbocycles. The predicted octanol–water partition coefficient (Wildman–Crippen LogP) is 3.16. The summed E-state index contributed by atoms with van der Waals surface area (Å²) in [7, 11) is -2.50. The van der Waals surface area contributed by atoms with Crippen molar-refractivity contribution in [3.63, 3.8) is 0 Å². The molecule has 1 aliphatic rings. The van der Waals surface area contributed by atoms with Crippen LogP contribution in [0.4, 0.5) is 4.79 Å². The zero-order valence-corrected chi connectivity index (χ0v) is 16.7. The van der Waals surface area contributed by atoms with Crippen molar-refractivity contribution in [2.24, 2.45) is 0 Å². The van der Waals surface area contributed by atoms with Crippen LogP contribution in [0.25, 0.3) is 0 Å². The van der Waals surface area contributed by atoms with E-state index in [1.807, 2.05) is 6.92 Å². The van der Waals surface area contributed by atoms with Gasteiger partial charge in [0.25, 0.3) is 0 Å². The fourth-order valence-electron chi connectivity index (χ4n) is 2.81. The molecule has 0 unspecified atom stereocenters.